The summed E-state index contributed by atoms with van der Waals surface area (Å²) in [5.74, 6) is -1.29. The Morgan fingerprint density at radius 1 is 1.00 bits per heavy atom. The fourth-order valence-electron chi connectivity index (χ4n) is 0.939. The zero-order chi connectivity index (χ0) is 14.0. The van der Waals surface area contributed by atoms with Gasteiger partial charge in [-0.15, -0.1) is 0 Å². The molecule has 0 aliphatic heterocycles. The van der Waals surface area contributed by atoms with Gasteiger partial charge < -0.3 is 18.9 Å². The first-order valence-corrected chi connectivity index (χ1v) is 5.65. The van der Waals surface area contributed by atoms with Gasteiger partial charge in [0, 0.05) is 12.2 Å². The second-order valence-corrected chi connectivity index (χ2v) is 3.65. The third kappa shape index (κ3) is 9.80. The van der Waals surface area contributed by atoms with Gasteiger partial charge in [-0.1, -0.05) is 0 Å². The first kappa shape index (κ1) is 16.6. The van der Waals surface area contributed by atoms with Gasteiger partial charge in [-0.3, -0.25) is 0 Å². The molecule has 0 N–H and O–H groups in total. The van der Waals surface area contributed by atoms with Gasteiger partial charge in [-0.05, 0) is 20.8 Å². The van der Waals surface area contributed by atoms with Crippen LogP contribution in [0.2, 0.25) is 0 Å². The summed E-state index contributed by atoms with van der Waals surface area (Å²) in [5, 5.41) is 0. The Morgan fingerprint density at radius 2 is 1.56 bits per heavy atom. The van der Waals surface area contributed by atoms with Gasteiger partial charge in [0.25, 0.3) is 0 Å². The summed E-state index contributed by atoms with van der Waals surface area (Å²) in [6.07, 6.45) is 1.40. The molecule has 0 bridgehead atoms. The number of carbonyl (C=O) groups excluding carboxylic acids is 2. The molecule has 0 spiro atoms. The number of hydrogen-bond acceptors (Lipinski definition) is 6. The number of carbonyl (C=O) groups is 2. The lowest BCUT2D eigenvalue weighted by Crippen LogP contribution is -2.20. The lowest BCUT2D eigenvalue weighted by atomic mass is 10.5. The predicted octanol–water partition coefficient (Wildman–Crippen LogP) is 1.05. The first-order valence-electron chi connectivity index (χ1n) is 5.65. The zero-order valence-corrected chi connectivity index (χ0v) is 11.2. The molecule has 104 valence electrons. The van der Waals surface area contributed by atoms with E-state index < -0.39 is 18.2 Å². The van der Waals surface area contributed by atoms with Crippen LogP contribution in [0.3, 0.4) is 0 Å². The van der Waals surface area contributed by atoms with Gasteiger partial charge in [-0.2, -0.15) is 0 Å². The van der Waals surface area contributed by atoms with Crippen LogP contribution in [0.15, 0.2) is 12.2 Å². The molecule has 18 heavy (non-hydrogen) atoms. The Hall–Kier alpha value is -1.40. The molecule has 0 rings (SSSR count). The Kier molecular flexibility index (Phi) is 8.86. The van der Waals surface area contributed by atoms with E-state index in [0.717, 1.165) is 12.2 Å². The predicted molar refractivity (Wildman–Crippen MR) is 63.8 cm³/mol. The summed E-state index contributed by atoms with van der Waals surface area (Å²) in [5.41, 5.74) is 0. The Labute approximate surface area is 107 Å². The van der Waals surface area contributed by atoms with Crippen molar-refractivity contribution in [1.82, 2.24) is 0 Å². The molecule has 6 heteroatoms. The van der Waals surface area contributed by atoms with Crippen LogP contribution in [-0.2, 0) is 28.5 Å². The molecule has 0 fully saturated rings. The zero-order valence-electron chi connectivity index (χ0n) is 11.2. The summed E-state index contributed by atoms with van der Waals surface area (Å²) in [6.45, 7) is 6.17. The van der Waals surface area contributed by atoms with Crippen LogP contribution in [0.4, 0.5) is 0 Å². The van der Waals surface area contributed by atoms with Crippen molar-refractivity contribution in [3.8, 4) is 0 Å². The smallest absolute Gasteiger partial charge is 0.333 e. The van der Waals surface area contributed by atoms with Crippen molar-refractivity contribution >= 4 is 11.9 Å². The average molecular weight is 260 g/mol. The van der Waals surface area contributed by atoms with Crippen LogP contribution in [0, 0.1) is 0 Å². The van der Waals surface area contributed by atoms with E-state index in [9.17, 15) is 9.59 Å². The van der Waals surface area contributed by atoms with Crippen LogP contribution < -0.4 is 0 Å². The van der Waals surface area contributed by atoms with E-state index in [0.29, 0.717) is 13.2 Å². The monoisotopic (exact) mass is 260 g/mol. The van der Waals surface area contributed by atoms with Crippen LogP contribution in [0.25, 0.3) is 0 Å². The molecule has 0 saturated carbocycles. The second-order valence-electron chi connectivity index (χ2n) is 3.65. The molecule has 0 radical (unpaired) electrons. The maximum absolute atomic E-state index is 11.2. The maximum atomic E-state index is 11.2. The van der Waals surface area contributed by atoms with E-state index in [-0.39, 0.29) is 6.10 Å². The lowest BCUT2D eigenvalue weighted by molar-refractivity contribution is -0.172. The fraction of sp³-hybridized carbons (Fsp3) is 0.667. The van der Waals surface area contributed by atoms with Crippen LogP contribution >= 0.6 is 0 Å². The van der Waals surface area contributed by atoms with Gasteiger partial charge in [0.1, 0.15) is 0 Å². The third-order valence-corrected chi connectivity index (χ3v) is 1.73. The minimum absolute atomic E-state index is 0.134. The van der Waals surface area contributed by atoms with E-state index >= 15 is 0 Å². The standard InChI is InChI=1S/C12H20O6/c1-9(2)16-7-8-17-10(3)18-12(14)6-5-11(13)15-4/h5-6,9-10H,7-8H2,1-4H3/b6-5-. The molecule has 0 aromatic heterocycles. The van der Waals surface area contributed by atoms with E-state index in [1.807, 2.05) is 13.8 Å². The van der Waals surface area contributed by atoms with E-state index in [1.54, 1.807) is 6.92 Å². The highest BCUT2D eigenvalue weighted by atomic mass is 16.7. The number of rotatable bonds is 8. The van der Waals surface area contributed by atoms with Crippen molar-refractivity contribution in [2.24, 2.45) is 0 Å². The Balaban J connectivity index is 3.74. The molecule has 1 unspecified atom stereocenters. The van der Waals surface area contributed by atoms with E-state index in [4.69, 9.17) is 14.2 Å². The number of hydrogen-bond donors (Lipinski definition) is 0. The summed E-state index contributed by atoms with van der Waals surface area (Å²) in [6, 6.07) is 0. The molecular weight excluding hydrogens is 240 g/mol. The van der Waals surface area contributed by atoms with Crippen molar-refractivity contribution in [2.45, 2.75) is 33.2 Å². The number of esters is 2. The van der Waals surface area contributed by atoms with Crippen molar-refractivity contribution in [1.29, 1.82) is 0 Å². The Morgan fingerprint density at radius 3 is 2.11 bits per heavy atom. The third-order valence-electron chi connectivity index (χ3n) is 1.73. The topological polar surface area (TPSA) is 71.1 Å². The molecular formula is C12H20O6. The van der Waals surface area contributed by atoms with Gasteiger partial charge >= 0.3 is 11.9 Å². The summed E-state index contributed by atoms with van der Waals surface area (Å²) < 4.78 is 19.6. The molecule has 0 saturated heterocycles. The van der Waals surface area contributed by atoms with E-state index in [1.165, 1.54) is 7.11 Å². The van der Waals surface area contributed by atoms with Crippen molar-refractivity contribution in [3.05, 3.63) is 12.2 Å². The van der Waals surface area contributed by atoms with Crippen molar-refractivity contribution < 1.29 is 28.5 Å². The van der Waals surface area contributed by atoms with Gasteiger partial charge in [0.2, 0.25) is 6.29 Å². The fourth-order valence-corrected chi connectivity index (χ4v) is 0.939. The van der Waals surface area contributed by atoms with Crippen molar-refractivity contribution in [3.63, 3.8) is 0 Å². The molecule has 0 aliphatic rings. The van der Waals surface area contributed by atoms with Crippen LogP contribution in [0.1, 0.15) is 20.8 Å². The Bertz CT molecular complexity index is 284. The summed E-state index contributed by atoms with van der Waals surface area (Å²) in [4.78, 5) is 21.9. The molecule has 0 amide bonds. The second kappa shape index (κ2) is 9.61. The van der Waals surface area contributed by atoms with Crippen LogP contribution in [-0.4, -0.2) is 44.7 Å². The minimum Gasteiger partial charge on any atom is -0.466 e. The van der Waals surface area contributed by atoms with Gasteiger partial charge in [0.15, 0.2) is 0 Å². The summed E-state index contributed by atoms with van der Waals surface area (Å²) in [7, 11) is 1.22. The molecule has 0 aliphatic carbocycles. The van der Waals surface area contributed by atoms with Crippen LogP contribution in [0.5, 0.6) is 0 Å². The number of methoxy groups -OCH3 is 1. The van der Waals surface area contributed by atoms with Crippen molar-refractivity contribution in [2.75, 3.05) is 20.3 Å². The SMILES string of the molecule is COC(=O)/C=C\C(=O)OC(C)OCCOC(C)C. The maximum Gasteiger partial charge on any atom is 0.333 e. The minimum atomic E-state index is -0.699. The van der Waals surface area contributed by atoms with E-state index in [2.05, 4.69) is 4.74 Å². The normalized spacial score (nSPS) is 12.7. The summed E-state index contributed by atoms with van der Waals surface area (Å²) >= 11 is 0. The number of ether oxygens (including phenoxy) is 4. The molecule has 6 nitrogen and oxygen atoms in total. The van der Waals surface area contributed by atoms with Gasteiger partial charge in [0.05, 0.1) is 26.4 Å². The molecule has 0 heterocycles. The molecule has 1 atom stereocenters. The quantitative estimate of drug-likeness (QED) is 0.281. The largest absolute Gasteiger partial charge is 0.466 e. The molecule has 0 aromatic rings. The average Bonchev–Trinajstić information content (AvgIpc) is 2.31. The first-order chi connectivity index (χ1) is 8.45. The van der Waals surface area contributed by atoms with Gasteiger partial charge in [-0.25, -0.2) is 9.59 Å². The highest BCUT2D eigenvalue weighted by Crippen LogP contribution is 1.96. The lowest BCUT2D eigenvalue weighted by Gasteiger charge is -2.13. The molecule has 0 aromatic carbocycles. The highest BCUT2D eigenvalue weighted by molar-refractivity contribution is 5.91. The highest BCUT2D eigenvalue weighted by Gasteiger charge is 2.07.